The van der Waals surface area contributed by atoms with Gasteiger partial charge in [0.05, 0.1) is 0 Å². The standard InChI is InChI=1S/C23H33N5O5/c1-14(27(2)23(32)33)20(29)26-18-9-4-3-8-17-10-11-19(28(17)22(18)31)21(30)25-13-15-6-5-7-16(24)12-15/h5-7,12,14,17-19H,3-4,8-11,13,24H2,1-2H3,(H,25,30)(H,26,29)(H,32,33)/t14-,17-,18-,19-/m0/s1. The van der Waals surface area contributed by atoms with Crippen LogP contribution in [0.25, 0.3) is 0 Å². The molecule has 0 aliphatic carbocycles. The van der Waals surface area contributed by atoms with Crippen molar-refractivity contribution in [1.82, 2.24) is 20.4 Å². The molecule has 0 unspecified atom stereocenters. The van der Waals surface area contributed by atoms with Gasteiger partial charge in [-0.1, -0.05) is 25.0 Å². The minimum absolute atomic E-state index is 0.0422. The number of amides is 4. The smallest absolute Gasteiger partial charge is 0.407 e. The van der Waals surface area contributed by atoms with Crippen LogP contribution in [0.5, 0.6) is 0 Å². The van der Waals surface area contributed by atoms with Gasteiger partial charge < -0.3 is 26.4 Å². The topological polar surface area (TPSA) is 145 Å². The van der Waals surface area contributed by atoms with Crippen molar-refractivity contribution in [3.8, 4) is 0 Å². The minimum atomic E-state index is -1.22. The van der Waals surface area contributed by atoms with E-state index in [1.54, 1.807) is 17.0 Å². The third-order valence-electron chi connectivity index (χ3n) is 6.63. The SMILES string of the molecule is C[C@@H](C(=O)N[C@H]1CCCC[C@H]2CC[C@@H](C(=O)NCc3cccc(N)c3)N2C1=O)N(C)C(=O)O. The van der Waals surface area contributed by atoms with E-state index in [9.17, 15) is 19.2 Å². The Hall–Kier alpha value is -3.30. The van der Waals surface area contributed by atoms with Crippen molar-refractivity contribution in [2.75, 3.05) is 12.8 Å². The Kier molecular flexibility index (Phi) is 7.78. The van der Waals surface area contributed by atoms with Gasteiger partial charge in [0.2, 0.25) is 17.7 Å². The second-order valence-corrected chi connectivity index (χ2v) is 8.87. The number of nitrogens with two attached hydrogens (primary N) is 1. The zero-order chi connectivity index (χ0) is 24.1. The fraction of sp³-hybridized carbons (Fsp3) is 0.565. The average Bonchev–Trinajstić information content (AvgIpc) is 3.20. The number of rotatable bonds is 6. The van der Waals surface area contributed by atoms with E-state index < -0.39 is 30.1 Å². The first-order chi connectivity index (χ1) is 15.7. The van der Waals surface area contributed by atoms with Crippen LogP contribution in [0.4, 0.5) is 10.5 Å². The molecule has 180 valence electrons. The maximum Gasteiger partial charge on any atom is 0.407 e. The maximum absolute atomic E-state index is 13.5. The Morgan fingerprint density at radius 3 is 2.64 bits per heavy atom. The van der Waals surface area contributed by atoms with Crippen LogP contribution in [0.15, 0.2) is 24.3 Å². The molecule has 33 heavy (non-hydrogen) atoms. The van der Waals surface area contributed by atoms with E-state index in [1.165, 1.54) is 14.0 Å². The molecule has 2 aliphatic heterocycles. The van der Waals surface area contributed by atoms with Crippen molar-refractivity contribution < 1.29 is 24.3 Å². The number of carbonyl (C=O) groups is 4. The van der Waals surface area contributed by atoms with E-state index in [1.807, 2.05) is 12.1 Å². The van der Waals surface area contributed by atoms with Crippen molar-refractivity contribution in [3.05, 3.63) is 29.8 Å². The fourth-order valence-electron chi connectivity index (χ4n) is 4.57. The number of nitrogens with zero attached hydrogens (tertiary/aromatic N) is 2. The molecule has 2 fully saturated rings. The number of likely N-dealkylation sites (N-methyl/N-ethyl adjacent to an activating group) is 1. The molecule has 10 heteroatoms. The van der Waals surface area contributed by atoms with Gasteiger partial charge in [0.15, 0.2) is 0 Å². The summed E-state index contributed by atoms with van der Waals surface area (Å²) >= 11 is 0. The monoisotopic (exact) mass is 459 g/mol. The summed E-state index contributed by atoms with van der Waals surface area (Å²) in [6.07, 6.45) is 3.02. The number of carbonyl (C=O) groups excluding carboxylic acids is 3. The number of anilines is 1. The van der Waals surface area contributed by atoms with Crippen LogP contribution >= 0.6 is 0 Å². The first-order valence-electron chi connectivity index (χ1n) is 11.4. The van der Waals surface area contributed by atoms with Crippen LogP contribution in [0.3, 0.4) is 0 Å². The molecule has 2 heterocycles. The van der Waals surface area contributed by atoms with E-state index in [4.69, 9.17) is 10.8 Å². The van der Waals surface area contributed by atoms with Gasteiger partial charge in [0.25, 0.3) is 0 Å². The van der Waals surface area contributed by atoms with Gasteiger partial charge in [-0.05, 0) is 50.3 Å². The van der Waals surface area contributed by atoms with E-state index in [-0.39, 0.29) is 17.9 Å². The molecule has 2 saturated heterocycles. The molecule has 2 aliphatic rings. The molecular formula is C23H33N5O5. The van der Waals surface area contributed by atoms with Crippen LogP contribution in [0, 0.1) is 0 Å². The molecule has 0 bridgehead atoms. The molecule has 1 aromatic carbocycles. The molecule has 4 atom stereocenters. The van der Waals surface area contributed by atoms with Crippen molar-refractivity contribution in [3.63, 3.8) is 0 Å². The number of carboxylic acid groups (broad SMARTS) is 1. The highest BCUT2D eigenvalue weighted by Gasteiger charge is 2.44. The summed E-state index contributed by atoms with van der Waals surface area (Å²) in [6.45, 7) is 1.79. The minimum Gasteiger partial charge on any atom is -0.465 e. The van der Waals surface area contributed by atoms with Gasteiger partial charge in [-0.2, -0.15) is 0 Å². The van der Waals surface area contributed by atoms with Gasteiger partial charge in [-0.25, -0.2) is 4.79 Å². The third-order valence-corrected chi connectivity index (χ3v) is 6.63. The Balaban J connectivity index is 1.69. The van der Waals surface area contributed by atoms with Crippen LogP contribution in [-0.4, -0.2) is 69.9 Å². The van der Waals surface area contributed by atoms with Crippen molar-refractivity contribution in [1.29, 1.82) is 0 Å². The van der Waals surface area contributed by atoms with Gasteiger partial charge >= 0.3 is 6.09 Å². The second kappa shape index (κ2) is 10.5. The largest absolute Gasteiger partial charge is 0.465 e. The molecule has 5 N–H and O–H groups in total. The molecule has 0 spiro atoms. The first kappa shape index (κ1) is 24.3. The Bertz CT molecular complexity index is 907. The third kappa shape index (κ3) is 5.74. The summed E-state index contributed by atoms with van der Waals surface area (Å²) in [5.41, 5.74) is 7.29. The molecular weight excluding hydrogens is 426 g/mol. The van der Waals surface area contributed by atoms with Crippen molar-refractivity contribution in [2.45, 2.75) is 76.2 Å². The quantitative estimate of drug-likeness (QED) is 0.472. The molecule has 0 saturated carbocycles. The lowest BCUT2D eigenvalue weighted by atomic mass is 9.98. The molecule has 0 radical (unpaired) electrons. The van der Waals surface area contributed by atoms with Crippen molar-refractivity contribution >= 4 is 29.5 Å². The number of hydrogen-bond donors (Lipinski definition) is 4. The van der Waals surface area contributed by atoms with Gasteiger partial charge in [-0.15, -0.1) is 0 Å². The predicted molar refractivity (Wildman–Crippen MR) is 122 cm³/mol. The predicted octanol–water partition coefficient (Wildman–Crippen LogP) is 1.30. The molecule has 1 aromatic rings. The Morgan fingerprint density at radius 2 is 1.94 bits per heavy atom. The molecule has 0 aromatic heterocycles. The lowest BCUT2D eigenvalue weighted by Gasteiger charge is -2.35. The van der Waals surface area contributed by atoms with E-state index >= 15 is 0 Å². The Morgan fingerprint density at radius 1 is 1.21 bits per heavy atom. The zero-order valence-corrected chi connectivity index (χ0v) is 19.1. The first-order valence-corrected chi connectivity index (χ1v) is 11.4. The molecule has 10 nitrogen and oxygen atoms in total. The fourth-order valence-corrected chi connectivity index (χ4v) is 4.57. The van der Waals surface area contributed by atoms with Crippen LogP contribution in [0.2, 0.25) is 0 Å². The summed E-state index contributed by atoms with van der Waals surface area (Å²) in [6, 6.07) is 4.89. The Labute approximate surface area is 193 Å². The highest BCUT2D eigenvalue weighted by Crippen LogP contribution is 2.31. The number of nitrogens with one attached hydrogen (secondary N) is 2. The summed E-state index contributed by atoms with van der Waals surface area (Å²) in [5.74, 6) is -1.03. The molecule has 3 rings (SSSR count). The van der Waals surface area contributed by atoms with Crippen LogP contribution < -0.4 is 16.4 Å². The summed E-state index contributed by atoms with van der Waals surface area (Å²) < 4.78 is 0. The normalized spacial score (nSPS) is 23.6. The van der Waals surface area contributed by atoms with Crippen LogP contribution in [-0.2, 0) is 20.9 Å². The lowest BCUT2D eigenvalue weighted by Crippen LogP contribution is -2.58. The molecule has 4 amide bonds. The number of benzene rings is 1. The number of hydrogen-bond acceptors (Lipinski definition) is 5. The average molecular weight is 460 g/mol. The van der Waals surface area contributed by atoms with Gasteiger partial charge in [0, 0.05) is 25.3 Å². The lowest BCUT2D eigenvalue weighted by molar-refractivity contribution is -0.144. The van der Waals surface area contributed by atoms with E-state index in [2.05, 4.69) is 10.6 Å². The number of fused-ring (bicyclic) bond motifs is 1. The van der Waals surface area contributed by atoms with E-state index in [0.717, 1.165) is 36.1 Å². The summed E-state index contributed by atoms with van der Waals surface area (Å²) in [4.78, 5) is 52.8. The summed E-state index contributed by atoms with van der Waals surface area (Å²) in [5, 5.41) is 14.8. The highest BCUT2D eigenvalue weighted by atomic mass is 16.4. The maximum atomic E-state index is 13.5. The highest BCUT2D eigenvalue weighted by molar-refractivity contribution is 5.94. The van der Waals surface area contributed by atoms with Gasteiger partial charge in [0.1, 0.15) is 18.1 Å². The van der Waals surface area contributed by atoms with Gasteiger partial charge in [-0.3, -0.25) is 19.3 Å². The summed E-state index contributed by atoms with van der Waals surface area (Å²) in [7, 11) is 1.31. The van der Waals surface area contributed by atoms with Crippen molar-refractivity contribution in [2.24, 2.45) is 0 Å². The van der Waals surface area contributed by atoms with E-state index in [0.29, 0.717) is 25.1 Å². The zero-order valence-electron chi connectivity index (χ0n) is 19.1. The second-order valence-electron chi connectivity index (χ2n) is 8.87. The number of nitrogen functional groups attached to an aromatic ring is 1. The van der Waals surface area contributed by atoms with Crippen LogP contribution in [0.1, 0.15) is 51.0 Å².